The maximum atomic E-state index is 12.8. The molecule has 0 radical (unpaired) electrons. The number of carbonyl (C=O) groups is 1. The molecule has 0 amide bonds. The van der Waals surface area contributed by atoms with Gasteiger partial charge in [0.25, 0.3) is 0 Å². The van der Waals surface area contributed by atoms with Crippen molar-refractivity contribution in [2.75, 3.05) is 20.1 Å². The lowest BCUT2D eigenvalue weighted by Gasteiger charge is -2.35. The lowest BCUT2D eigenvalue weighted by atomic mass is 9.91. The van der Waals surface area contributed by atoms with Gasteiger partial charge < -0.3 is 13.7 Å². The quantitative estimate of drug-likeness (QED) is 0.540. The summed E-state index contributed by atoms with van der Waals surface area (Å²) in [6.07, 6.45) is 3.49. The molecular formula is C21H32N2O3Si. The molecule has 6 heteroatoms. The normalized spacial score (nSPS) is 17.6. The minimum Gasteiger partial charge on any atom is -0.457 e. The Bertz CT molecular complexity index is 814. The van der Waals surface area contributed by atoms with E-state index in [1.165, 1.54) is 0 Å². The number of nitrogens with zero attached hydrogens (tertiary/aromatic N) is 2. The first-order chi connectivity index (χ1) is 12.6. The first-order valence-corrected chi connectivity index (χ1v) is 12.7. The van der Waals surface area contributed by atoms with Crippen molar-refractivity contribution in [1.82, 2.24) is 9.88 Å². The highest BCUT2D eigenvalue weighted by molar-refractivity contribution is 6.74. The predicted octanol–water partition coefficient (Wildman–Crippen LogP) is 4.87. The molecule has 3 heterocycles. The summed E-state index contributed by atoms with van der Waals surface area (Å²) in [4.78, 5) is 19.4. The van der Waals surface area contributed by atoms with Crippen LogP contribution in [0.25, 0.3) is 11.0 Å². The zero-order valence-electron chi connectivity index (χ0n) is 17.5. The summed E-state index contributed by atoms with van der Waals surface area (Å²) in [5.74, 6) is 1.03. The highest BCUT2D eigenvalue weighted by Crippen LogP contribution is 2.37. The molecule has 148 valence electrons. The molecule has 27 heavy (non-hydrogen) atoms. The van der Waals surface area contributed by atoms with Crippen LogP contribution in [0.1, 0.15) is 49.9 Å². The molecule has 0 N–H and O–H groups in total. The molecule has 1 aliphatic heterocycles. The lowest BCUT2D eigenvalue weighted by molar-refractivity contribution is 0.0852. The van der Waals surface area contributed by atoms with E-state index in [0.717, 1.165) is 37.1 Å². The molecule has 0 bridgehead atoms. The van der Waals surface area contributed by atoms with Gasteiger partial charge in [0.2, 0.25) is 0 Å². The molecule has 3 rings (SSSR count). The van der Waals surface area contributed by atoms with Crippen LogP contribution >= 0.6 is 0 Å². The Morgan fingerprint density at radius 3 is 2.59 bits per heavy atom. The van der Waals surface area contributed by atoms with E-state index in [1.807, 2.05) is 12.1 Å². The van der Waals surface area contributed by atoms with Crippen molar-refractivity contribution >= 4 is 25.1 Å². The van der Waals surface area contributed by atoms with Gasteiger partial charge in [0.1, 0.15) is 11.5 Å². The molecular weight excluding hydrogens is 356 g/mol. The van der Waals surface area contributed by atoms with E-state index in [4.69, 9.17) is 8.84 Å². The third-order valence-electron chi connectivity index (χ3n) is 6.18. The van der Waals surface area contributed by atoms with Crippen molar-refractivity contribution in [2.24, 2.45) is 5.92 Å². The molecule has 0 saturated carbocycles. The number of fused-ring (bicyclic) bond motifs is 1. The second-order valence-corrected chi connectivity index (χ2v) is 14.1. The number of Topliss-reactive ketones (excluding diaryl/α,β-unsaturated/α-hetero) is 1. The molecule has 1 fully saturated rings. The van der Waals surface area contributed by atoms with Gasteiger partial charge in [-0.05, 0) is 63.2 Å². The molecule has 2 aromatic heterocycles. The molecule has 0 spiro atoms. The maximum absolute atomic E-state index is 12.8. The Morgan fingerprint density at radius 1 is 1.30 bits per heavy atom. The zero-order valence-corrected chi connectivity index (χ0v) is 18.5. The number of hydrogen-bond acceptors (Lipinski definition) is 5. The fourth-order valence-electron chi connectivity index (χ4n) is 3.15. The number of carbonyl (C=O) groups excluding carboxylic acids is 1. The van der Waals surface area contributed by atoms with Gasteiger partial charge in [-0.2, -0.15) is 0 Å². The Hall–Kier alpha value is -1.50. The first kappa shape index (κ1) is 20.2. The van der Waals surface area contributed by atoms with Gasteiger partial charge in [-0.3, -0.25) is 4.79 Å². The number of aromatic nitrogens is 1. The average Bonchev–Trinajstić information content (AvgIpc) is 3.01. The van der Waals surface area contributed by atoms with Crippen molar-refractivity contribution < 1.29 is 13.6 Å². The van der Waals surface area contributed by atoms with Crippen LogP contribution in [0.4, 0.5) is 0 Å². The van der Waals surface area contributed by atoms with E-state index in [2.05, 4.69) is 50.8 Å². The Balaban J connectivity index is 1.72. The monoisotopic (exact) mass is 388 g/mol. The predicted molar refractivity (Wildman–Crippen MR) is 111 cm³/mol. The van der Waals surface area contributed by atoms with E-state index < -0.39 is 8.32 Å². The molecule has 0 aromatic carbocycles. The van der Waals surface area contributed by atoms with Crippen LogP contribution in [0.3, 0.4) is 0 Å². The summed E-state index contributed by atoms with van der Waals surface area (Å²) in [7, 11) is 0.274. The third-order valence-corrected chi connectivity index (χ3v) is 10.7. The van der Waals surface area contributed by atoms with E-state index in [-0.39, 0.29) is 16.7 Å². The summed E-state index contributed by atoms with van der Waals surface area (Å²) in [5, 5.41) is 1.09. The number of ketones is 1. The maximum Gasteiger partial charge on any atom is 0.192 e. The Kier molecular flexibility index (Phi) is 5.61. The molecule has 2 aromatic rings. The highest BCUT2D eigenvalue weighted by atomic mass is 28.4. The molecule has 1 saturated heterocycles. The number of pyridine rings is 1. The van der Waals surface area contributed by atoms with Crippen LogP contribution in [0, 0.1) is 5.92 Å². The van der Waals surface area contributed by atoms with Crippen LogP contribution in [-0.4, -0.2) is 44.1 Å². The van der Waals surface area contributed by atoms with Crippen molar-refractivity contribution in [3.8, 4) is 0 Å². The number of furan rings is 1. The minimum atomic E-state index is -1.83. The average molecular weight is 389 g/mol. The zero-order chi connectivity index (χ0) is 19.8. The van der Waals surface area contributed by atoms with Crippen LogP contribution < -0.4 is 0 Å². The minimum absolute atomic E-state index is 0.0828. The van der Waals surface area contributed by atoms with Crippen LogP contribution in [0.15, 0.2) is 22.7 Å². The summed E-state index contributed by atoms with van der Waals surface area (Å²) >= 11 is 0. The van der Waals surface area contributed by atoms with Crippen molar-refractivity contribution in [3.05, 3.63) is 29.8 Å². The largest absolute Gasteiger partial charge is 0.457 e. The van der Waals surface area contributed by atoms with Gasteiger partial charge in [0.15, 0.2) is 19.7 Å². The van der Waals surface area contributed by atoms with Crippen LogP contribution in [0.5, 0.6) is 0 Å². The number of hydrogen-bond donors (Lipinski definition) is 0. The molecule has 0 aliphatic carbocycles. The summed E-state index contributed by atoms with van der Waals surface area (Å²) in [6, 6.07) is 3.85. The number of piperidine rings is 1. The Labute approximate surface area is 163 Å². The lowest BCUT2D eigenvalue weighted by Crippen LogP contribution is -2.40. The molecule has 0 atom stereocenters. The fraction of sp³-hybridized carbons (Fsp3) is 0.619. The third kappa shape index (κ3) is 4.50. The van der Waals surface area contributed by atoms with Gasteiger partial charge in [0.05, 0.1) is 12.8 Å². The smallest absolute Gasteiger partial charge is 0.192 e. The molecule has 5 nitrogen and oxygen atoms in total. The van der Waals surface area contributed by atoms with Crippen molar-refractivity contribution in [1.29, 1.82) is 0 Å². The van der Waals surface area contributed by atoms with Gasteiger partial charge in [-0.1, -0.05) is 20.8 Å². The topological polar surface area (TPSA) is 55.6 Å². The summed E-state index contributed by atoms with van der Waals surface area (Å²) < 4.78 is 12.1. The molecule has 0 unspecified atom stereocenters. The van der Waals surface area contributed by atoms with Crippen LogP contribution in [0.2, 0.25) is 18.1 Å². The number of rotatable bonds is 5. The van der Waals surface area contributed by atoms with Gasteiger partial charge >= 0.3 is 0 Å². The summed E-state index contributed by atoms with van der Waals surface area (Å²) in [6.45, 7) is 13.5. The van der Waals surface area contributed by atoms with Crippen molar-refractivity contribution in [3.63, 3.8) is 0 Å². The van der Waals surface area contributed by atoms with E-state index in [0.29, 0.717) is 17.9 Å². The SMILES string of the molecule is CN1CCC(C(=O)c2cc3cc(CO[Si](C)(C)C(C)(C)C)oc3cn2)CC1. The van der Waals surface area contributed by atoms with E-state index >= 15 is 0 Å². The molecule has 1 aliphatic rings. The van der Waals surface area contributed by atoms with Gasteiger partial charge in [-0.25, -0.2) is 4.98 Å². The van der Waals surface area contributed by atoms with Gasteiger partial charge in [-0.15, -0.1) is 0 Å². The first-order valence-electron chi connectivity index (χ1n) is 9.82. The van der Waals surface area contributed by atoms with Gasteiger partial charge in [0, 0.05) is 11.3 Å². The summed E-state index contributed by atoms with van der Waals surface area (Å²) in [5.41, 5.74) is 1.26. The van der Waals surface area contributed by atoms with Crippen molar-refractivity contribution in [2.45, 2.75) is 58.4 Å². The Morgan fingerprint density at radius 2 is 1.96 bits per heavy atom. The second-order valence-electron chi connectivity index (χ2n) is 9.31. The standard InChI is InChI=1S/C21H32N2O3Si/c1-21(2,3)27(5,6)25-14-17-11-16-12-18(22-13-19(16)26-17)20(24)15-7-9-23(4)10-8-15/h11-13,15H,7-10,14H2,1-6H3. The highest BCUT2D eigenvalue weighted by Gasteiger charge is 2.37. The number of likely N-dealkylation sites (tertiary alicyclic amines) is 1. The van der Waals surface area contributed by atoms with Crippen LogP contribution in [-0.2, 0) is 11.0 Å². The second kappa shape index (κ2) is 7.49. The fourth-order valence-corrected chi connectivity index (χ4v) is 4.09. The van der Waals surface area contributed by atoms with E-state index in [9.17, 15) is 4.79 Å². The van der Waals surface area contributed by atoms with E-state index in [1.54, 1.807) is 6.20 Å².